The van der Waals surface area contributed by atoms with Gasteiger partial charge in [0.25, 0.3) is 0 Å². The van der Waals surface area contributed by atoms with Gasteiger partial charge in [-0.1, -0.05) is 35.3 Å². The molecular weight excluding hydrogens is 381 g/mol. The van der Waals surface area contributed by atoms with Crippen molar-refractivity contribution in [1.82, 2.24) is 4.90 Å². The Hall–Kier alpha value is -1.66. The van der Waals surface area contributed by atoms with Gasteiger partial charge in [-0.05, 0) is 61.7 Å². The third-order valence-corrected chi connectivity index (χ3v) is 6.28. The van der Waals surface area contributed by atoms with E-state index in [0.717, 1.165) is 56.1 Å². The van der Waals surface area contributed by atoms with Gasteiger partial charge in [0.1, 0.15) is 0 Å². The maximum absolute atomic E-state index is 6.30. The summed E-state index contributed by atoms with van der Waals surface area (Å²) in [5.41, 5.74) is 16.5. The van der Waals surface area contributed by atoms with Crippen LogP contribution < -0.4 is 21.7 Å². The number of piperidine rings is 1. The molecule has 2 heterocycles. The van der Waals surface area contributed by atoms with Gasteiger partial charge < -0.3 is 16.0 Å². The monoisotopic (exact) mass is 405 g/mol. The van der Waals surface area contributed by atoms with Gasteiger partial charge in [-0.15, -0.1) is 0 Å². The molecule has 0 amide bonds. The van der Waals surface area contributed by atoms with Gasteiger partial charge in [-0.3, -0.25) is 10.6 Å². The summed E-state index contributed by atoms with van der Waals surface area (Å²) in [6.45, 7) is 3.97. The topological polar surface area (TPSA) is 70.5 Å². The molecule has 0 radical (unpaired) electrons. The Morgan fingerprint density at radius 3 is 2.59 bits per heavy atom. The Morgan fingerprint density at radius 2 is 1.85 bits per heavy atom. The molecule has 0 bridgehead atoms. The van der Waals surface area contributed by atoms with E-state index in [9.17, 15) is 0 Å². The number of benzene rings is 2. The number of nitrogens with zero attached hydrogens (tertiary/aromatic N) is 2. The highest BCUT2D eigenvalue weighted by Crippen LogP contribution is 2.39. The van der Waals surface area contributed by atoms with E-state index in [2.05, 4.69) is 21.2 Å². The molecule has 1 fully saturated rings. The van der Waals surface area contributed by atoms with Gasteiger partial charge in [0.05, 0.1) is 27.1 Å². The lowest BCUT2D eigenvalue weighted by molar-refractivity contribution is 0.178. The molecular formula is C20H25Cl2N5. The first kappa shape index (κ1) is 18.7. The summed E-state index contributed by atoms with van der Waals surface area (Å²) in [7, 11) is 0. The summed E-state index contributed by atoms with van der Waals surface area (Å²) in [6, 6.07) is 11.8. The lowest BCUT2D eigenvalue weighted by Crippen LogP contribution is -2.47. The van der Waals surface area contributed by atoms with Crippen LogP contribution in [-0.4, -0.2) is 30.8 Å². The first-order valence-electron chi connectivity index (χ1n) is 9.35. The van der Waals surface area contributed by atoms with E-state index in [1.54, 1.807) is 0 Å². The fraction of sp³-hybridized carbons (Fsp3) is 0.400. The molecule has 0 spiro atoms. The quantitative estimate of drug-likeness (QED) is 0.671. The molecule has 5 nitrogen and oxygen atoms in total. The van der Waals surface area contributed by atoms with Crippen molar-refractivity contribution in [2.24, 2.45) is 11.7 Å². The number of hydrogen-bond acceptors (Lipinski definition) is 5. The van der Waals surface area contributed by atoms with E-state index >= 15 is 0 Å². The van der Waals surface area contributed by atoms with Crippen molar-refractivity contribution in [3.05, 3.63) is 52.0 Å². The lowest BCUT2D eigenvalue weighted by Gasteiger charge is -2.35. The van der Waals surface area contributed by atoms with Gasteiger partial charge in [0, 0.05) is 13.1 Å². The summed E-state index contributed by atoms with van der Waals surface area (Å²) >= 11 is 12.1. The third kappa shape index (κ3) is 3.97. The predicted octanol–water partition coefficient (Wildman–Crippen LogP) is 3.96. The average molecular weight is 406 g/mol. The van der Waals surface area contributed by atoms with Gasteiger partial charge in [0.2, 0.25) is 0 Å². The lowest BCUT2D eigenvalue weighted by atomic mass is 9.95. The van der Waals surface area contributed by atoms with Crippen LogP contribution in [0, 0.1) is 5.92 Å². The molecule has 1 unspecified atom stereocenters. The molecule has 5 N–H and O–H groups in total. The zero-order valence-corrected chi connectivity index (χ0v) is 16.7. The molecule has 27 heavy (non-hydrogen) atoms. The van der Waals surface area contributed by atoms with Crippen LogP contribution in [0.4, 0.5) is 17.1 Å². The number of nitrogens with one attached hydrogen (secondary N) is 1. The van der Waals surface area contributed by atoms with Gasteiger partial charge in [-0.2, -0.15) is 0 Å². The molecule has 2 aliphatic heterocycles. The van der Waals surface area contributed by atoms with Crippen LogP contribution in [0.1, 0.15) is 18.4 Å². The van der Waals surface area contributed by atoms with Crippen LogP contribution in [0.5, 0.6) is 0 Å². The highest BCUT2D eigenvalue weighted by atomic mass is 35.5. The molecule has 0 aliphatic carbocycles. The molecule has 144 valence electrons. The largest absolute Gasteiger partial charge is 0.397 e. The molecule has 7 heteroatoms. The predicted molar refractivity (Wildman–Crippen MR) is 114 cm³/mol. The minimum atomic E-state index is -0.209. The fourth-order valence-electron chi connectivity index (χ4n) is 4.08. The summed E-state index contributed by atoms with van der Waals surface area (Å²) in [5, 5.41) is 4.55. The van der Waals surface area contributed by atoms with E-state index in [1.165, 1.54) is 5.56 Å². The normalized spacial score (nSPS) is 20.6. The van der Waals surface area contributed by atoms with Crippen molar-refractivity contribution in [2.45, 2.75) is 25.7 Å². The Labute approximate surface area is 170 Å². The molecule has 1 atom stereocenters. The smallest absolute Gasteiger partial charge is 0.153 e. The van der Waals surface area contributed by atoms with E-state index < -0.39 is 0 Å². The number of para-hydroxylation sites is 1. The minimum Gasteiger partial charge on any atom is -0.397 e. The number of hydrogen-bond donors (Lipinski definition) is 3. The second kappa shape index (κ2) is 7.76. The highest BCUT2D eigenvalue weighted by molar-refractivity contribution is 6.42. The minimum absolute atomic E-state index is 0.209. The van der Waals surface area contributed by atoms with Crippen molar-refractivity contribution in [3.8, 4) is 0 Å². The van der Waals surface area contributed by atoms with Gasteiger partial charge in [-0.25, -0.2) is 0 Å². The maximum atomic E-state index is 6.30. The summed E-state index contributed by atoms with van der Waals surface area (Å²) in [5.74, 6) is 0.605. The number of anilines is 3. The molecule has 2 aromatic rings. The first-order chi connectivity index (χ1) is 13.0. The average Bonchev–Trinajstić information content (AvgIpc) is 2.96. The number of rotatable bonds is 4. The summed E-state index contributed by atoms with van der Waals surface area (Å²) < 4.78 is 0. The zero-order chi connectivity index (χ0) is 19.0. The molecule has 1 saturated heterocycles. The zero-order valence-electron chi connectivity index (χ0n) is 15.2. The van der Waals surface area contributed by atoms with E-state index in [1.807, 2.05) is 30.3 Å². The number of likely N-dealkylation sites (tertiary alicyclic amines) is 1. The van der Waals surface area contributed by atoms with Gasteiger partial charge in [0.15, 0.2) is 6.29 Å². The Bertz CT molecular complexity index is 820. The van der Waals surface area contributed by atoms with Crippen molar-refractivity contribution in [3.63, 3.8) is 0 Å². The van der Waals surface area contributed by atoms with Crippen LogP contribution in [0.3, 0.4) is 0 Å². The maximum Gasteiger partial charge on any atom is 0.153 e. The molecule has 0 aromatic heterocycles. The first-order valence-corrected chi connectivity index (χ1v) is 10.1. The van der Waals surface area contributed by atoms with E-state index in [4.69, 9.17) is 34.7 Å². The van der Waals surface area contributed by atoms with Crippen molar-refractivity contribution < 1.29 is 0 Å². The summed E-state index contributed by atoms with van der Waals surface area (Å²) in [6.07, 6.45) is 2.08. The van der Waals surface area contributed by atoms with Gasteiger partial charge >= 0.3 is 0 Å². The third-order valence-electron chi connectivity index (χ3n) is 5.55. The highest BCUT2D eigenvalue weighted by Gasteiger charge is 2.31. The van der Waals surface area contributed by atoms with Crippen LogP contribution in [-0.2, 0) is 6.54 Å². The number of fused-ring (bicyclic) bond motifs is 1. The number of nitrogens with two attached hydrogens (primary N) is 2. The number of nitrogen functional groups attached to an aromatic ring is 1. The Morgan fingerprint density at radius 1 is 1.07 bits per heavy atom. The Balaban J connectivity index is 1.34. The Kier molecular flexibility index (Phi) is 5.37. The van der Waals surface area contributed by atoms with Crippen LogP contribution >= 0.6 is 23.2 Å². The van der Waals surface area contributed by atoms with Crippen molar-refractivity contribution in [1.29, 1.82) is 0 Å². The molecule has 2 aliphatic rings. The van der Waals surface area contributed by atoms with E-state index in [0.29, 0.717) is 16.0 Å². The van der Waals surface area contributed by atoms with Crippen molar-refractivity contribution in [2.75, 3.05) is 35.6 Å². The van der Waals surface area contributed by atoms with Crippen LogP contribution in [0.2, 0.25) is 10.0 Å². The molecule has 4 rings (SSSR count). The van der Waals surface area contributed by atoms with E-state index in [-0.39, 0.29) is 6.29 Å². The standard InChI is InChI=1S/C20H25Cl2N5/c21-15-5-4-14(10-16(15)22)11-26-8-6-13(7-9-26)12-27-19-17(23)2-1-3-18(19)25-20(27)24/h1-5,10,13,20,25H,6-9,11-12,23-24H2. The number of halogens is 2. The second-order valence-corrected chi connectivity index (χ2v) is 8.27. The summed E-state index contributed by atoms with van der Waals surface area (Å²) in [4.78, 5) is 4.69. The second-order valence-electron chi connectivity index (χ2n) is 7.45. The SMILES string of the molecule is Nc1cccc2c1N(CC1CCN(Cc3ccc(Cl)c(Cl)c3)CC1)C(N)N2. The fourth-order valence-corrected chi connectivity index (χ4v) is 4.40. The van der Waals surface area contributed by atoms with Crippen LogP contribution in [0.15, 0.2) is 36.4 Å². The van der Waals surface area contributed by atoms with Crippen LogP contribution in [0.25, 0.3) is 0 Å². The van der Waals surface area contributed by atoms with Crippen molar-refractivity contribution >= 4 is 40.3 Å². The molecule has 2 aromatic carbocycles. The molecule has 0 saturated carbocycles.